The summed E-state index contributed by atoms with van der Waals surface area (Å²) in [4.78, 5) is 49.8. The summed E-state index contributed by atoms with van der Waals surface area (Å²) >= 11 is 0. The van der Waals surface area contributed by atoms with Gasteiger partial charge in [0.2, 0.25) is 11.9 Å². The number of aromatic nitrogens is 3. The van der Waals surface area contributed by atoms with E-state index in [4.69, 9.17) is 21.2 Å². The van der Waals surface area contributed by atoms with E-state index in [0.717, 1.165) is 16.6 Å². The molecule has 12 heteroatoms. The minimum Gasteiger partial charge on any atom is -0.476 e. The average molecular weight is 522 g/mol. The number of nitrogens with two attached hydrogens (primary N) is 2. The molecule has 0 atom stereocenters. The van der Waals surface area contributed by atoms with Crippen molar-refractivity contribution in [2.75, 3.05) is 49.2 Å². The number of aryl methyl sites for hydroxylation is 1. The second-order valence-corrected chi connectivity index (χ2v) is 9.76. The molecule has 0 unspecified atom stereocenters. The fourth-order valence-electron chi connectivity index (χ4n) is 5.38. The van der Waals surface area contributed by atoms with Crippen LogP contribution < -0.4 is 21.3 Å². The number of primary amides is 2. The van der Waals surface area contributed by atoms with Crippen LogP contribution in [0, 0.1) is 19.8 Å². The summed E-state index contributed by atoms with van der Waals surface area (Å²) in [6.45, 7) is 6.80. The Kier molecular flexibility index (Phi) is 6.66. The third-order valence-electron chi connectivity index (χ3n) is 7.60. The van der Waals surface area contributed by atoms with Gasteiger partial charge >= 0.3 is 12.0 Å². The monoisotopic (exact) mass is 521 g/mol. The molecule has 0 radical (unpaired) electrons. The number of rotatable bonds is 5. The molecule has 5 rings (SSSR count). The van der Waals surface area contributed by atoms with Gasteiger partial charge in [0.25, 0.3) is 0 Å². The third kappa shape index (κ3) is 4.40. The van der Waals surface area contributed by atoms with Crippen LogP contribution in [0.3, 0.4) is 0 Å². The maximum Gasteiger partial charge on any atom is 0.355 e. The van der Waals surface area contributed by atoms with Crippen molar-refractivity contribution in [3.8, 4) is 11.1 Å². The van der Waals surface area contributed by atoms with Crippen LogP contribution in [0.4, 0.5) is 16.6 Å². The van der Waals surface area contributed by atoms with E-state index < -0.39 is 12.0 Å². The number of nitrogens with zero attached hydrogens (tertiary/aromatic N) is 5. The Labute approximate surface area is 219 Å². The highest BCUT2D eigenvalue weighted by Crippen LogP contribution is 2.38. The summed E-state index contributed by atoms with van der Waals surface area (Å²) in [5, 5.41) is 11.1. The molecule has 200 valence electrons. The molecule has 0 saturated carbocycles. The molecule has 0 aliphatic carbocycles. The van der Waals surface area contributed by atoms with Gasteiger partial charge in [-0.2, -0.15) is 4.98 Å². The van der Waals surface area contributed by atoms with Crippen LogP contribution in [-0.4, -0.2) is 76.9 Å². The topological polar surface area (TPSA) is 170 Å². The number of carboxylic acids is 1. The minimum atomic E-state index is -1.17. The van der Waals surface area contributed by atoms with Crippen molar-refractivity contribution in [3.63, 3.8) is 0 Å². The van der Waals surface area contributed by atoms with E-state index in [2.05, 4.69) is 4.98 Å². The highest BCUT2D eigenvalue weighted by Gasteiger charge is 2.31. The molecule has 2 aliphatic heterocycles. The number of carbonyl (C=O) groups is 3. The molecule has 38 heavy (non-hydrogen) atoms. The Morgan fingerprint density at radius 3 is 2.29 bits per heavy atom. The maximum absolute atomic E-state index is 12.6. The SMILES string of the molecule is Cc1c(C)n(C(N)=O)c2ccc(-c3c(C(=O)O)nc(N4CCOCC4)nc3N3CCC(C(N)=O)CC3)cc12. The molecule has 12 nitrogen and oxygen atoms in total. The van der Waals surface area contributed by atoms with E-state index >= 15 is 0 Å². The molecular formula is C26H31N7O5. The van der Waals surface area contributed by atoms with Gasteiger partial charge in [-0.15, -0.1) is 0 Å². The Balaban J connectivity index is 1.70. The summed E-state index contributed by atoms with van der Waals surface area (Å²) in [6.07, 6.45) is 1.10. The number of ether oxygens (including phenoxy) is 1. The number of carbonyl (C=O) groups excluding carboxylic acids is 2. The lowest BCUT2D eigenvalue weighted by Gasteiger charge is -2.34. The lowest BCUT2D eigenvalue weighted by atomic mass is 9.95. The van der Waals surface area contributed by atoms with Crippen LogP contribution in [0.15, 0.2) is 18.2 Å². The van der Waals surface area contributed by atoms with E-state index in [0.29, 0.717) is 80.6 Å². The molecule has 2 aromatic heterocycles. The first-order valence-corrected chi connectivity index (χ1v) is 12.6. The first-order chi connectivity index (χ1) is 18.2. The second-order valence-electron chi connectivity index (χ2n) is 9.76. The number of carboxylic acid groups (broad SMARTS) is 1. The first-order valence-electron chi connectivity index (χ1n) is 12.6. The number of aromatic carboxylic acids is 1. The summed E-state index contributed by atoms with van der Waals surface area (Å²) < 4.78 is 6.90. The van der Waals surface area contributed by atoms with Gasteiger partial charge in [0, 0.05) is 43.2 Å². The van der Waals surface area contributed by atoms with Gasteiger partial charge in [-0.05, 0) is 49.9 Å². The van der Waals surface area contributed by atoms with Crippen molar-refractivity contribution >= 4 is 40.6 Å². The Morgan fingerprint density at radius 1 is 1.00 bits per heavy atom. The van der Waals surface area contributed by atoms with Crippen molar-refractivity contribution in [1.82, 2.24) is 14.5 Å². The van der Waals surface area contributed by atoms with Gasteiger partial charge < -0.3 is 31.1 Å². The molecular weight excluding hydrogens is 490 g/mol. The number of piperidine rings is 1. The van der Waals surface area contributed by atoms with Crippen molar-refractivity contribution in [2.45, 2.75) is 26.7 Å². The molecule has 5 N–H and O–H groups in total. The van der Waals surface area contributed by atoms with E-state index in [1.54, 1.807) is 12.1 Å². The number of anilines is 2. The summed E-state index contributed by atoms with van der Waals surface area (Å²) in [5.41, 5.74) is 14.3. The normalized spacial score (nSPS) is 16.7. The largest absolute Gasteiger partial charge is 0.476 e. The lowest BCUT2D eigenvalue weighted by Crippen LogP contribution is -2.41. The van der Waals surface area contributed by atoms with Gasteiger partial charge in [-0.1, -0.05) is 6.07 Å². The molecule has 0 bridgehead atoms. The van der Waals surface area contributed by atoms with E-state index in [1.807, 2.05) is 29.7 Å². The maximum atomic E-state index is 12.6. The van der Waals surface area contributed by atoms with Gasteiger partial charge in [-0.3, -0.25) is 9.36 Å². The Morgan fingerprint density at radius 2 is 1.68 bits per heavy atom. The zero-order valence-electron chi connectivity index (χ0n) is 21.4. The van der Waals surface area contributed by atoms with Crippen LogP contribution in [0.2, 0.25) is 0 Å². The first kappa shape index (κ1) is 25.5. The van der Waals surface area contributed by atoms with Crippen molar-refractivity contribution in [3.05, 3.63) is 35.2 Å². The number of fused-ring (bicyclic) bond motifs is 1. The van der Waals surface area contributed by atoms with Crippen LogP contribution in [-0.2, 0) is 9.53 Å². The Hall–Kier alpha value is -4.19. The highest BCUT2D eigenvalue weighted by atomic mass is 16.5. The van der Waals surface area contributed by atoms with Crippen LogP contribution in [0.1, 0.15) is 34.6 Å². The van der Waals surface area contributed by atoms with Crippen LogP contribution in [0.25, 0.3) is 22.0 Å². The van der Waals surface area contributed by atoms with E-state index in [-0.39, 0.29) is 17.5 Å². The molecule has 2 saturated heterocycles. The number of morpholine rings is 1. The Bertz CT molecular complexity index is 1440. The zero-order chi connectivity index (χ0) is 27.1. The smallest absolute Gasteiger partial charge is 0.355 e. The third-order valence-corrected chi connectivity index (χ3v) is 7.60. The van der Waals surface area contributed by atoms with Gasteiger partial charge in [0.15, 0.2) is 5.69 Å². The number of hydrogen-bond donors (Lipinski definition) is 3. The molecule has 2 amide bonds. The average Bonchev–Trinajstić information content (AvgIpc) is 3.17. The van der Waals surface area contributed by atoms with Crippen LogP contribution in [0.5, 0.6) is 0 Å². The molecule has 3 aromatic rings. The zero-order valence-corrected chi connectivity index (χ0v) is 21.4. The van der Waals surface area contributed by atoms with Crippen molar-refractivity contribution < 1.29 is 24.2 Å². The van der Waals surface area contributed by atoms with Gasteiger partial charge in [0.1, 0.15) is 5.82 Å². The standard InChI is InChI=1S/C26H31N7O5/c1-14-15(2)33(25(28)37)19-4-3-17(13-18(14)19)20-21(24(35)36)29-26(32-9-11-38-12-10-32)30-23(20)31-7-5-16(6-8-31)22(27)34/h3-4,13,16H,5-12H2,1-2H3,(H2,27,34)(H2,28,37)(H,35,36). The van der Waals surface area contributed by atoms with Crippen LogP contribution >= 0.6 is 0 Å². The predicted octanol–water partition coefficient (Wildman–Crippen LogP) is 1.88. The number of hydrogen-bond acceptors (Lipinski definition) is 8. The predicted molar refractivity (Wildman–Crippen MR) is 142 cm³/mol. The van der Waals surface area contributed by atoms with Crippen molar-refractivity contribution in [1.29, 1.82) is 0 Å². The fourth-order valence-corrected chi connectivity index (χ4v) is 5.38. The van der Waals surface area contributed by atoms with Crippen molar-refractivity contribution in [2.24, 2.45) is 17.4 Å². The number of benzene rings is 1. The lowest BCUT2D eigenvalue weighted by molar-refractivity contribution is -0.122. The summed E-state index contributed by atoms with van der Waals surface area (Å²) in [7, 11) is 0. The summed E-state index contributed by atoms with van der Waals surface area (Å²) in [6, 6.07) is 4.80. The molecule has 0 spiro atoms. The number of amides is 2. The minimum absolute atomic E-state index is 0.114. The molecule has 1 aromatic carbocycles. The van der Waals surface area contributed by atoms with E-state index in [9.17, 15) is 19.5 Å². The molecule has 2 aliphatic rings. The van der Waals surface area contributed by atoms with E-state index in [1.165, 1.54) is 4.57 Å². The fraction of sp³-hybridized carbons (Fsp3) is 0.423. The quantitative estimate of drug-likeness (QED) is 0.453. The molecule has 2 fully saturated rings. The molecule has 4 heterocycles. The van der Waals surface area contributed by atoms with Gasteiger partial charge in [0.05, 0.1) is 24.3 Å². The summed E-state index contributed by atoms with van der Waals surface area (Å²) in [5.74, 6) is -0.917. The highest BCUT2D eigenvalue weighted by molar-refractivity contribution is 6.02. The second kappa shape index (κ2) is 9.93. The van der Waals surface area contributed by atoms with Gasteiger partial charge in [-0.25, -0.2) is 14.6 Å².